The molecular weight excluding hydrogens is 178 g/mol. The van der Waals surface area contributed by atoms with Crippen molar-refractivity contribution in [1.29, 1.82) is 0 Å². The molecule has 0 aliphatic carbocycles. The molecule has 3 heteroatoms. The zero-order valence-electron chi connectivity index (χ0n) is 9.18. The van der Waals surface area contributed by atoms with Gasteiger partial charge in [-0.1, -0.05) is 5.92 Å². The zero-order chi connectivity index (χ0) is 11.0. The van der Waals surface area contributed by atoms with Gasteiger partial charge in [0, 0.05) is 12.5 Å². The Morgan fingerprint density at radius 3 is 2.21 bits per heavy atom. The van der Waals surface area contributed by atoms with Crippen LogP contribution in [0.3, 0.4) is 0 Å². The van der Waals surface area contributed by atoms with Crippen LogP contribution < -0.4 is 0 Å². The predicted molar refractivity (Wildman–Crippen MR) is 52.7 cm³/mol. The maximum Gasteiger partial charge on any atom is 0.202 e. The van der Waals surface area contributed by atoms with Crippen LogP contribution in [0.15, 0.2) is 0 Å². The third-order valence-corrected chi connectivity index (χ3v) is 2.73. The van der Waals surface area contributed by atoms with E-state index in [2.05, 4.69) is 11.8 Å². The number of ketones is 1. The average Bonchev–Trinajstić information content (AvgIpc) is 2.28. The predicted octanol–water partition coefficient (Wildman–Crippen LogP) is 1.56. The van der Waals surface area contributed by atoms with E-state index in [4.69, 9.17) is 0 Å². The molecule has 0 bridgehead atoms. The second-order valence-corrected chi connectivity index (χ2v) is 4.69. The van der Waals surface area contributed by atoms with Gasteiger partial charge in [-0.25, -0.2) is 0 Å². The van der Waals surface area contributed by atoms with Gasteiger partial charge in [0.2, 0.25) is 5.78 Å². The Labute approximate surface area is 85.1 Å². The van der Waals surface area contributed by atoms with Gasteiger partial charge in [-0.15, -0.1) is 10.3 Å². The minimum absolute atomic E-state index is 0.190. The molecule has 0 saturated carbocycles. The monoisotopic (exact) mass is 194 g/mol. The number of Topliss-reactive ketones (excluding diaryl/α,β-unsaturated/α-hetero) is 1. The van der Waals surface area contributed by atoms with E-state index < -0.39 is 5.54 Å². The Bertz CT molecular complexity index is 311. The Kier molecular flexibility index (Phi) is 2.71. The lowest BCUT2D eigenvalue weighted by Crippen LogP contribution is -2.45. The molecule has 0 amide bonds. The van der Waals surface area contributed by atoms with Gasteiger partial charge < -0.3 is 0 Å². The zero-order valence-corrected chi connectivity index (χ0v) is 9.18. The molecule has 14 heavy (non-hydrogen) atoms. The van der Waals surface area contributed by atoms with Crippen LogP contribution in [0.5, 0.6) is 0 Å². The maximum absolute atomic E-state index is 11.9. The van der Waals surface area contributed by atoms with Gasteiger partial charge in [0.05, 0.1) is 0 Å². The molecule has 1 rings (SSSR count). The average molecular weight is 194 g/mol. The molecule has 0 aromatic heterocycles. The molecule has 1 unspecified atom stereocenters. The van der Waals surface area contributed by atoms with Crippen LogP contribution in [0, 0.1) is 11.8 Å². The molecule has 1 saturated heterocycles. The van der Waals surface area contributed by atoms with Gasteiger partial charge in [0.1, 0.15) is 5.54 Å². The minimum Gasteiger partial charge on any atom is -0.285 e. The van der Waals surface area contributed by atoms with Gasteiger partial charge in [0.15, 0.2) is 0 Å². The first kappa shape index (κ1) is 11.2. The summed E-state index contributed by atoms with van der Waals surface area (Å²) in [6.07, 6.45) is 1.55. The SMILES string of the molecule is CC(=O)C#CC1(C)CCC(C)(C)N1[O]. The fourth-order valence-electron chi connectivity index (χ4n) is 1.76. The van der Waals surface area contributed by atoms with Gasteiger partial charge >= 0.3 is 0 Å². The van der Waals surface area contributed by atoms with Crippen molar-refractivity contribution in [2.75, 3.05) is 0 Å². The van der Waals surface area contributed by atoms with Crippen LogP contribution in [-0.2, 0) is 10.0 Å². The van der Waals surface area contributed by atoms with Gasteiger partial charge in [0.25, 0.3) is 0 Å². The summed E-state index contributed by atoms with van der Waals surface area (Å²) in [5.41, 5.74) is -1.05. The van der Waals surface area contributed by atoms with E-state index >= 15 is 0 Å². The summed E-state index contributed by atoms with van der Waals surface area (Å²) in [6, 6.07) is 0. The second-order valence-electron chi connectivity index (χ2n) is 4.69. The number of hydroxylamine groups is 2. The first-order valence-corrected chi connectivity index (χ1v) is 4.79. The topological polar surface area (TPSA) is 40.2 Å². The third kappa shape index (κ3) is 1.97. The summed E-state index contributed by atoms with van der Waals surface area (Å²) < 4.78 is 0. The molecule has 3 nitrogen and oxygen atoms in total. The van der Waals surface area contributed by atoms with Crippen molar-refractivity contribution in [1.82, 2.24) is 5.06 Å². The molecule has 1 aliphatic heterocycles. The van der Waals surface area contributed by atoms with Crippen LogP contribution in [-0.4, -0.2) is 21.9 Å². The lowest BCUT2D eigenvalue weighted by atomic mass is 9.99. The Balaban J connectivity index is 2.90. The summed E-state index contributed by atoms with van der Waals surface area (Å²) in [5.74, 6) is 5.05. The van der Waals surface area contributed by atoms with Crippen LogP contribution in [0.25, 0.3) is 0 Å². The molecule has 0 N–H and O–H groups in total. The second kappa shape index (κ2) is 3.38. The minimum atomic E-state index is -0.685. The van der Waals surface area contributed by atoms with E-state index in [1.165, 1.54) is 6.92 Å². The fourth-order valence-corrected chi connectivity index (χ4v) is 1.76. The van der Waals surface area contributed by atoms with E-state index in [0.717, 1.165) is 17.9 Å². The fraction of sp³-hybridized carbons (Fsp3) is 0.727. The van der Waals surface area contributed by atoms with Crippen LogP contribution in [0.2, 0.25) is 0 Å². The van der Waals surface area contributed by atoms with Gasteiger partial charge in [-0.2, -0.15) is 0 Å². The molecule has 1 aliphatic rings. The Hall–Kier alpha value is -0.850. The van der Waals surface area contributed by atoms with Crippen LogP contribution >= 0.6 is 0 Å². The highest BCUT2D eigenvalue weighted by Gasteiger charge is 2.47. The molecule has 0 aromatic carbocycles. The smallest absolute Gasteiger partial charge is 0.202 e. The van der Waals surface area contributed by atoms with Crippen molar-refractivity contribution in [2.24, 2.45) is 0 Å². The molecule has 77 valence electrons. The van der Waals surface area contributed by atoms with Crippen molar-refractivity contribution >= 4 is 5.78 Å². The van der Waals surface area contributed by atoms with Crippen LogP contribution in [0.1, 0.15) is 40.5 Å². The summed E-state index contributed by atoms with van der Waals surface area (Å²) in [5, 5.41) is 12.9. The molecule has 1 heterocycles. The number of carbonyl (C=O) groups is 1. The van der Waals surface area contributed by atoms with Crippen molar-refractivity contribution in [3.05, 3.63) is 0 Å². The van der Waals surface area contributed by atoms with Crippen molar-refractivity contribution in [2.45, 2.75) is 51.6 Å². The normalized spacial score (nSPS) is 30.9. The van der Waals surface area contributed by atoms with E-state index in [1.54, 1.807) is 6.92 Å². The largest absolute Gasteiger partial charge is 0.285 e. The molecule has 0 spiro atoms. The molecule has 1 atom stereocenters. The number of hydrogen-bond donors (Lipinski definition) is 0. The summed E-state index contributed by atoms with van der Waals surface area (Å²) in [4.78, 5) is 10.7. The number of nitrogens with zero attached hydrogens (tertiary/aromatic N) is 1. The first-order chi connectivity index (χ1) is 6.28. The number of hydrogen-bond acceptors (Lipinski definition) is 2. The Morgan fingerprint density at radius 2 is 1.86 bits per heavy atom. The Morgan fingerprint density at radius 1 is 1.29 bits per heavy atom. The highest BCUT2D eigenvalue weighted by molar-refractivity contribution is 5.93. The molecule has 1 radical (unpaired) electrons. The van der Waals surface area contributed by atoms with Crippen molar-refractivity contribution in [3.63, 3.8) is 0 Å². The molecule has 1 fully saturated rings. The lowest BCUT2D eigenvalue weighted by Gasteiger charge is -2.30. The summed E-state index contributed by atoms with van der Waals surface area (Å²) in [6.45, 7) is 7.01. The number of carbonyl (C=O) groups excluding carboxylic acids is 1. The van der Waals surface area contributed by atoms with Crippen molar-refractivity contribution in [3.8, 4) is 11.8 Å². The number of rotatable bonds is 0. The standard InChI is InChI=1S/C11H16NO2/c1-9(13)5-6-11(4)8-7-10(2,3)12(11)14/h7-8H2,1-4H3. The van der Waals surface area contributed by atoms with Crippen LogP contribution in [0.4, 0.5) is 0 Å². The highest BCUT2D eigenvalue weighted by atomic mass is 16.5. The van der Waals surface area contributed by atoms with Crippen molar-refractivity contribution < 1.29 is 10.0 Å². The van der Waals surface area contributed by atoms with E-state index in [9.17, 15) is 10.0 Å². The highest BCUT2D eigenvalue weighted by Crippen LogP contribution is 2.38. The lowest BCUT2D eigenvalue weighted by molar-refractivity contribution is -0.234. The van der Waals surface area contributed by atoms with Gasteiger partial charge in [-0.05, 0) is 39.5 Å². The maximum atomic E-state index is 11.9. The van der Waals surface area contributed by atoms with Gasteiger partial charge in [-0.3, -0.25) is 4.79 Å². The quantitative estimate of drug-likeness (QED) is 0.433. The van der Waals surface area contributed by atoms with E-state index in [-0.39, 0.29) is 11.3 Å². The first-order valence-electron chi connectivity index (χ1n) is 4.79. The van der Waals surface area contributed by atoms with E-state index in [0.29, 0.717) is 0 Å². The third-order valence-electron chi connectivity index (χ3n) is 2.73. The summed E-state index contributed by atoms with van der Waals surface area (Å²) in [7, 11) is 0. The molecular formula is C11H16NO2. The summed E-state index contributed by atoms with van der Waals surface area (Å²) >= 11 is 0. The molecule has 0 aromatic rings. The van der Waals surface area contributed by atoms with E-state index in [1.807, 2.05) is 13.8 Å².